The largest absolute Gasteiger partial charge is 0.490 e. The minimum atomic E-state index is -1.17. The Balaban J connectivity index is 1.86. The molecule has 3 N–H and O–H groups in total. The predicted molar refractivity (Wildman–Crippen MR) is 92.1 cm³/mol. The highest BCUT2D eigenvalue weighted by atomic mass is 32.2. The van der Waals surface area contributed by atoms with Crippen LogP contribution in [0.2, 0.25) is 0 Å². The van der Waals surface area contributed by atoms with Gasteiger partial charge < -0.3 is 10.5 Å². The molecule has 23 heavy (non-hydrogen) atoms. The number of benzene rings is 1. The molecule has 2 rings (SSSR count). The molecule has 0 aliphatic heterocycles. The summed E-state index contributed by atoms with van der Waals surface area (Å²) in [6.07, 6.45) is 5.11. The minimum absolute atomic E-state index is 0.289. The van der Waals surface area contributed by atoms with E-state index >= 15 is 0 Å². The summed E-state index contributed by atoms with van der Waals surface area (Å²) in [6, 6.07) is 4.82. The van der Waals surface area contributed by atoms with E-state index in [1.165, 1.54) is 12.8 Å². The summed E-state index contributed by atoms with van der Waals surface area (Å²) in [4.78, 5) is 0. The van der Waals surface area contributed by atoms with Gasteiger partial charge in [0.15, 0.2) is 11.6 Å². The second-order valence-corrected chi connectivity index (χ2v) is 7.49. The molecular formula is C17H27FN2O2S. The van der Waals surface area contributed by atoms with Crippen LogP contribution < -0.4 is 15.2 Å². The van der Waals surface area contributed by atoms with Crippen LogP contribution in [0.3, 0.4) is 0 Å². The van der Waals surface area contributed by atoms with Crippen LogP contribution in [0.1, 0.15) is 50.6 Å². The fraction of sp³-hybridized carbons (Fsp3) is 0.647. The van der Waals surface area contributed by atoms with E-state index in [-0.39, 0.29) is 17.6 Å². The van der Waals surface area contributed by atoms with E-state index in [0.29, 0.717) is 30.4 Å². The Kier molecular flexibility index (Phi) is 7.46. The van der Waals surface area contributed by atoms with Gasteiger partial charge in [0.25, 0.3) is 0 Å². The molecule has 0 amide bonds. The highest BCUT2D eigenvalue weighted by molar-refractivity contribution is 7.83. The number of ether oxygens (including phenoxy) is 1. The minimum Gasteiger partial charge on any atom is -0.490 e. The van der Waals surface area contributed by atoms with E-state index in [1.807, 2.05) is 6.92 Å². The summed E-state index contributed by atoms with van der Waals surface area (Å²) >= 11 is 0. The highest BCUT2D eigenvalue weighted by Gasteiger charge is 2.23. The van der Waals surface area contributed by atoms with E-state index < -0.39 is 11.0 Å². The molecule has 6 heteroatoms. The Hall–Kier alpha value is -0.980. The Labute approximate surface area is 140 Å². The van der Waals surface area contributed by atoms with E-state index in [9.17, 15) is 8.60 Å². The maximum absolute atomic E-state index is 14.5. The lowest BCUT2D eigenvalue weighted by atomic mass is 10.1. The van der Waals surface area contributed by atoms with E-state index in [0.717, 1.165) is 19.3 Å². The van der Waals surface area contributed by atoms with Crippen LogP contribution >= 0.6 is 0 Å². The van der Waals surface area contributed by atoms with Crippen molar-refractivity contribution in [3.05, 3.63) is 29.6 Å². The number of rotatable bonds is 11. The summed E-state index contributed by atoms with van der Waals surface area (Å²) in [5.74, 6) is 1.07. The third kappa shape index (κ3) is 6.20. The second-order valence-electron chi connectivity index (χ2n) is 6.15. The number of nitrogens with two attached hydrogens (primary N) is 1. The quantitative estimate of drug-likeness (QED) is 0.608. The molecule has 0 spiro atoms. The van der Waals surface area contributed by atoms with Crippen molar-refractivity contribution in [2.45, 2.75) is 45.1 Å². The Morgan fingerprint density at radius 3 is 2.87 bits per heavy atom. The average Bonchev–Trinajstić information content (AvgIpc) is 3.35. The number of halogens is 1. The van der Waals surface area contributed by atoms with Gasteiger partial charge in [-0.3, -0.25) is 0 Å². The lowest BCUT2D eigenvalue weighted by molar-refractivity contribution is 0.284. The van der Waals surface area contributed by atoms with Gasteiger partial charge in [-0.15, -0.1) is 0 Å². The van der Waals surface area contributed by atoms with Crippen molar-refractivity contribution in [3.8, 4) is 5.75 Å². The maximum Gasteiger partial charge on any atom is 0.169 e. The van der Waals surface area contributed by atoms with Gasteiger partial charge in [0.2, 0.25) is 0 Å². The third-order valence-corrected chi connectivity index (χ3v) is 5.25. The molecule has 0 saturated heterocycles. The molecule has 1 aromatic carbocycles. The first kappa shape index (κ1) is 18.4. The molecule has 0 radical (unpaired) electrons. The van der Waals surface area contributed by atoms with Gasteiger partial charge >= 0.3 is 0 Å². The fourth-order valence-corrected chi connectivity index (χ4v) is 3.45. The smallest absolute Gasteiger partial charge is 0.169 e. The van der Waals surface area contributed by atoms with Crippen LogP contribution in [-0.2, 0) is 11.0 Å². The van der Waals surface area contributed by atoms with Crippen LogP contribution in [0.5, 0.6) is 5.75 Å². The fourth-order valence-electron chi connectivity index (χ4n) is 2.34. The Bertz CT molecular complexity index is 523. The normalized spacial score (nSPS) is 17.0. The molecular weight excluding hydrogens is 315 g/mol. The lowest BCUT2D eigenvalue weighted by Gasteiger charge is -2.16. The molecule has 1 fully saturated rings. The van der Waals surface area contributed by atoms with E-state index in [4.69, 9.17) is 10.5 Å². The van der Waals surface area contributed by atoms with Gasteiger partial charge in [-0.25, -0.2) is 13.3 Å². The van der Waals surface area contributed by atoms with Crippen molar-refractivity contribution in [2.75, 3.05) is 18.9 Å². The molecule has 0 aromatic heterocycles. The van der Waals surface area contributed by atoms with E-state index in [2.05, 4.69) is 4.72 Å². The molecule has 4 nitrogen and oxygen atoms in total. The molecule has 1 saturated carbocycles. The number of nitrogens with one attached hydrogen (secondary N) is 1. The number of hydrogen-bond donors (Lipinski definition) is 2. The first-order chi connectivity index (χ1) is 11.1. The third-order valence-electron chi connectivity index (χ3n) is 3.97. The zero-order valence-electron chi connectivity index (χ0n) is 13.7. The molecule has 1 aliphatic rings. The predicted octanol–water partition coefficient (Wildman–Crippen LogP) is 3.06. The van der Waals surface area contributed by atoms with E-state index in [1.54, 1.807) is 18.2 Å². The maximum atomic E-state index is 14.5. The van der Waals surface area contributed by atoms with Gasteiger partial charge in [-0.2, -0.15) is 0 Å². The van der Waals surface area contributed by atoms with Crippen LogP contribution in [0.25, 0.3) is 0 Å². The van der Waals surface area contributed by atoms with Gasteiger partial charge in [-0.1, -0.05) is 18.6 Å². The first-order valence-electron chi connectivity index (χ1n) is 8.37. The van der Waals surface area contributed by atoms with Crippen molar-refractivity contribution in [1.82, 2.24) is 4.72 Å². The van der Waals surface area contributed by atoms with Crippen LogP contribution in [-0.4, -0.2) is 23.1 Å². The lowest BCUT2D eigenvalue weighted by Crippen LogP contribution is -2.24. The van der Waals surface area contributed by atoms with Gasteiger partial charge in [-0.05, 0) is 51.1 Å². The topological polar surface area (TPSA) is 64.4 Å². The van der Waals surface area contributed by atoms with Gasteiger partial charge in [0.1, 0.15) is 0 Å². The van der Waals surface area contributed by atoms with Crippen LogP contribution in [0.4, 0.5) is 4.39 Å². The first-order valence-corrected chi connectivity index (χ1v) is 9.69. The van der Waals surface area contributed by atoms with Gasteiger partial charge in [0, 0.05) is 17.4 Å². The molecule has 0 heterocycles. The Morgan fingerprint density at radius 1 is 1.39 bits per heavy atom. The standard InChI is InChI=1S/C17H27FN2O2S/c1-13(20-23(21)11-4-2-3-10-19)15-6-5-7-16(17(15)18)22-12-14-8-9-14/h5-7,13-14,20H,2-4,8-12,19H2,1H3/t13-,23?/m0/s1. The van der Waals surface area contributed by atoms with Crippen LogP contribution in [0.15, 0.2) is 18.2 Å². The van der Waals surface area contributed by atoms with Crippen molar-refractivity contribution < 1.29 is 13.3 Å². The zero-order valence-corrected chi connectivity index (χ0v) is 14.5. The SMILES string of the molecule is C[C@H](NS(=O)CCCCCN)c1cccc(OCC2CC2)c1F. The molecule has 2 atom stereocenters. The zero-order chi connectivity index (χ0) is 16.7. The summed E-state index contributed by atoms with van der Waals surface area (Å²) in [6.45, 7) is 3.06. The number of hydrogen-bond acceptors (Lipinski definition) is 3. The van der Waals surface area contributed by atoms with Crippen molar-refractivity contribution in [3.63, 3.8) is 0 Å². The molecule has 1 aromatic rings. The monoisotopic (exact) mass is 342 g/mol. The van der Waals surface area contributed by atoms with Crippen LogP contribution in [0, 0.1) is 11.7 Å². The van der Waals surface area contributed by atoms with Gasteiger partial charge in [0.05, 0.1) is 17.6 Å². The van der Waals surface area contributed by atoms with Crippen molar-refractivity contribution in [1.29, 1.82) is 0 Å². The van der Waals surface area contributed by atoms with Crippen molar-refractivity contribution in [2.24, 2.45) is 11.7 Å². The summed E-state index contributed by atoms with van der Waals surface area (Å²) in [7, 11) is -1.17. The van der Waals surface area contributed by atoms with Crippen molar-refractivity contribution >= 4 is 11.0 Å². The summed E-state index contributed by atoms with van der Waals surface area (Å²) in [5, 5.41) is 0. The average molecular weight is 342 g/mol. The molecule has 130 valence electrons. The molecule has 1 unspecified atom stereocenters. The number of unbranched alkanes of at least 4 members (excludes halogenated alkanes) is 2. The molecule has 0 bridgehead atoms. The Morgan fingerprint density at radius 2 is 2.17 bits per heavy atom. The summed E-state index contributed by atoms with van der Waals surface area (Å²) < 4.78 is 35.1. The summed E-state index contributed by atoms with van der Waals surface area (Å²) in [5.41, 5.74) is 5.93. The second kappa shape index (κ2) is 9.35. The molecule has 1 aliphatic carbocycles. The highest BCUT2D eigenvalue weighted by Crippen LogP contribution is 2.31.